The highest BCUT2D eigenvalue weighted by Gasteiger charge is 2.08. The molecule has 4 heteroatoms. The molecule has 1 aromatic rings. The van der Waals surface area contributed by atoms with E-state index >= 15 is 0 Å². The zero-order chi connectivity index (χ0) is 11.4. The van der Waals surface area contributed by atoms with E-state index in [9.17, 15) is 4.79 Å². The maximum atomic E-state index is 11.0. The minimum absolute atomic E-state index is 0.107. The molecule has 0 saturated carbocycles. The van der Waals surface area contributed by atoms with Crippen molar-refractivity contribution < 1.29 is 4.79 Å². The van der Waals surface area contributed by atoms with Crippen LogP contribution in [0.15, 0.2) is 18.2 Å². The minimum Gasteiger partial charge on any atom is -0.380 e. The van der Waals surface area contributed by atoms with Gasteiger partial charge in [-0.25, -0.2) is 0 Å². The topological polar surface area (TPSA) is 41.1 Å². The summed E-state index contributed by atoms with van der Waals surface area (Å²) in [6.07, 6.45) is 0. The van der Waals surface area contributed by atoms with Crippen LogP contribution < -0.4 is 10.6 Å². The molecular formula is C11H15ClN2O. The lowest BCUT2D eigenvalue weighted by molar-refractivity contribution is -0.114. The number of anilines is 2. The van der Waals surface area contributed by atoms with Gasteiger partial charge in [-0.15, -0.1) is 0 Å². The summed E-state index contributed by atoms with van der Waals surface area (Å²) in [5.74, 6) is -0.107. The molecule has 0 bridgehead atoms. The lowest BCUT2D eigenvalue weighted by Crippen LogP contribution is -2.14. The Hall–Kier alpha value is -1.22. The molecule has 0 fully saturated rings. The third kappa shape index (κ3) is 3.44. The minimum atomic E-state index is -0.107. The van der Waals surface area contributed by atoms with Crippen molar-refractivity contribution in [3.8, 4) is 0 Å². The average Bonchev–Trinajstić information content (AvgIpc) is 2.09. The molecule has 0 aliphatic carbocycles. The number of amides is 1. The number of carbonyl (C=O) groups excluding carboxylic acids is 1. The van der Waals surface area contributed by atoms with E-state index in [4.69, 9.17) is 11.6 Å². The molecule has 1 amide bonds. The second kappa shape index (κ2) is 5.03. The summed E-state index contributed by atoms with van der Waals surface area (Å²) in [6, 6.07) is 5.67. The molecule has 0 spiro atoms. The lowest BCUT2D eigenvalue weighted by atomic mass is 10.2. The average molecular weight is 227 g/mol. The fourth-order valence-electron chi connectivity index (χ4n) is 1.25. The third-order valence-electron chi connectivity index (χ3n) is 1.76. The first-order valence-electron chi connectivity index (χ1n) is 4.83. The summed E-state index contributed by atoms with van der Waals surface area (Å²) in [4.78, 5) is 11.0. The summed E-state index contributed by atoms with van der Waals surface area (Å²) < 4.78 is 0. The fourth-order valence-corrected chi connectivity index (χ4v) is 1.48. The Balaban J connectivity index is 3.02. The predicted molar refractivity (Wildman–Crippen MR) is 64.5 cm³/mol. The molecular weight excluding hydrogens is 212 g/mol. The van der Waals surface area contributed by atoms with Crippen LogP contribution in [-0.4, -0.2) is 11.9 Å². The van der Waals surface area contributed by atoms with Crippen LogP contribution in [0.1, 0.15) is 20.8 Å². The van der Waals surface area contributed by atoms with E-state index in [-0.39, 0.29) is 11.9 Å². The molecule has 3 nitrogen and oxygen atoms in total. The van der Waals surface area contributed by atoms with Crippen LogP contribution in [0.5, 0.6) is 0 Å². The van der Waals surface area contributed by atoms with Crippen LogP contribution in [0.25, 0.3) is 0 Å². The van der Waals surface area contributed by atoms with Crippen molar-refractivity contribution in [3.63, 3.8) is 0 Å². The van der Waals surface area contributed by atoms with Crippen LogP contribution in [0.2, 0.25) is 5.02 Å². The molecule has 1 rings (SSSR count). The van der Waals surface area contributed by atoms with Gasteiger partial charge in [0.15, 0.2) is 0 Å². The number of benzene rings is 1. The molecule has 0 aliphatic heterocycles. The monoisotopic (exact) mass is 226 g/mol. The van der Waals surface area contributed by atoms with Crippen molar-refractivity contribution in [2.45, 2.75) is 26.8 Å². The van der Waals surface area contributed by atoms with E-state index < -0.39 is 0 Å². The van der Waals surface area contributed by atoms with E-state index in [0.29, 0.717) is 10.7 Å². The molecule has 0 atom stereocenters. The first kappa shape index (κ1) is 11.9. The quantitative estimate of drug-likeness (QED) is 0.832. The van der Waals surface area contributed by atoms with E-state index in [1.807, 2.05) is 19.9 Å². The summed E-state index contributed by atoms with van der Waals surface area (Å²) in [5.41, 5.74) is 1.48. The van der Waals surface area contributed by atoms with Crippen molar-refractivity contribution in [3.05, 3.63) is 23.2 Å². The molecule has 0 aliphatic rings. The van der Waals surface area contributed by atoms with E-state index in [1.165, 1.54) is 6.92 Å². The van der Waals surface area contributed by atoms with Gasteiger partial charge in [-0.1, -0.05) is 17.7 Å². The summed E-state index contributed by atoms with van der Waals surface area (Å²) in [6.45, 7) is 5.50. The number of para-hydroxylation sites is 1. The van der Waals surface area contributed by atoms with Crippen LogP contribution in [0.3, 0.4) is 0 Å². The normalized spacial score (nSPS) is 10.2. The highest BCUT2D eigenvalue weighted by atomic mass is 35.5. The summed E-state index contributed by atoms with van der Waals surface area (Å²) in [7, 11) is 0. The van der Waals surface area contributed by atoms with Crippen molar-refractivity contribution in [2.75, 3.05) is 10.6 Å². The Kier molecular flexibility index (Phi) is 3.97. The van der Waals surface area contributed by atoms with Gasteiger partial charge in [-0.2, -0.15) is 0 Å². The van der Waals surface area contributed by atoms with Crippen LogP contribution in [-0.2, 0) is 4.79 Å². The van der Waals surface area contributed by atoms with Gasteiger partial charge in [0.2, 0.25) is 5.91 Å². The Morgan fingerprint density at radius 2 is 2.07 bits per heavy atom. The Morgan fingerprint density at radius 3 is 2.60 bits per heavy atom. The number of hydrogen-bond acceptors (Lipinski definition) is 2. The van der Waals surface area contributed by atoms with Crippen molar-refractivity contribution in [1.29, 1.82) is 0 Å². The van der Waals surface area contributed by atoms with Gasteiger partial charge in [0, 0.05) is 13.0 Å². The third-order valence-corrected chi connectivity index (χ3v) is 2.07. The van der Waals surface area contributed by atoms with Crippen molar-refractivity contribution in [1.82, 2.24) is 0 Å². The standard InChI is InChI=1S/C11H15ClN2O/c1-7(2)13-11-9(12)5-4-6-10(11)14-8(3)15/h4-7,13H,1-3H3,(H,14,15). The number of hydrogen-bond donors (Lipinski definition) is 2. The summed E-state index contributed by atoms with van der Waals surface area (Å²) >= 11 is 6.04. The molecule has 0 saturated heterocycles. The molecule has 1 aromatic carbocycles. The fraction of sp³-hybridized carbons (Fsp3) is 0.364. The predicted octanol–water partition coefficient (Wildman–Crippen LogP) is 3.12. The zero-order valence-corrected chi connectivity index (χ0v) is 9.85. The van der Waals surface area contributed by atoms with Gasteiger partial charge in [0.25, 0.3) is 0 Å². The van der Waals surface area contributed by atoms with Crippen molar-refractivity contribution in [2.24, 2.45) is 0 Å². The highest BCUT2D eigenvalue weighted by Crippen LogP contribution is 2.30. The number of carbonyl (C=O) groups is 1. The Labute approximate surface area is 94.8 Å². The molecule has 2 N–H and O–H groups in total. The van der Waals surface area contributed by atoms with Crippen LogP contribution in [0.4, 0.5) is 11.4 Å². The first-order chi connectivity index (χ1) is 7.00. The largest absolute Gasteiger partial charge is 0.380 e. The van der Waals surface area contributed by atoms with Crippen LogP contribution >= 0.6 is 11.6 Å². The second-order valence-corrected chi connectivity index (χ2v) is 4.05. The molecule has 0 unspecified atom stereocenters. The van der Waals surface area contributed by atoms with Crippen LogP contribution in [0, 0.1) is 0 Å². The molecule has 15 heavy (non-hydrogen) atoms. The molecule has 0 heterocycles. The Morgan fingerprint density at radius 1 is 1.40 bits per heavy atom. The smallest absolute Gasteiger partial charge is 0.221 e. The van der Waals surface area contributed by atoms with Gasteiger partial charge in [-0.3, -0.25) is 4.79 Å². The first-order valence-corrected chi connectivity index (χ1v) is 5.21. The second-order valence-electron chi connectivity index (χ2n) is 3.64. The number of nitrogens with one attached hydrogen (secondary N) is 2. The Bertz CT molecular complexity index is 364. The number of halogens is 1. The maximum Gasteiger partial charge on any atom is 0.221 e. The SMILES string of the molecule is CC(=O)Nc1cccc(Cl)c1NC(C)C. The van der Waals surface area contributed by atoms with Gasteiger partial charge in [-0.05, 0) is 26.0 Å². The lowest BCUT2D eigenvalue weighted by Gasteiger charge is -2.16. The highest BCUT2D eigenvalue weighted by molar-refractivity contribution is 6.34. The summed E-state index contributed by atoms with van der Waals surface area (Å²) in [5, 5.41) is 6.54. The maximum absolute atomic E-state index is 11.0. The van der Waals surface area contributed by atoms with Gasteiger partial charge in [0.1, 0.15) is 0 Å². The van der Waals surface area contributed by atoms with E-state index in [2.05, 4.69) is 10.6 Å². The molecule has 0 aromatic heterocycles. The van der Waals surface area contributed by atoms with Gasteiger partial charge >= 0.3 is 0 Å². The van der Waals surface area contributed by atoms with Gasteiger partial charge in [0.05, 0.1) is 16.4 Å². The van der Waals surface area contributed by atoms with E-state index in [0.717, 1.165) is 5.69 Å². The number of rotatable bonds is 3. The zero-order valence-electron chi connectivity index (χ0n) is 9.10. The van der Waals surface area contributed by atoms with Gasteiger partial charge < -0.3 is 10.6 Å². The molecule has 0 radical (unpaired) electrons. The molecule has 82 valence electrons. The van der Waals surface area contributed by atoms with Crippen molar-refractivity contribution >= 4 is 28.9 Å². The van der Waals surface area contributed by atoms with E-state index in [1.54, 1.807) is 12.1 Å².